The molecule has 0 rings (SSSR count). The summed E-state index contributed by atoms with van der Waals surface area (Å²) in [5.74, 6) is 0. The smallest absolute Gasteiger partial charge is 0.0610 e. The van der Waals surface area contributed by atoms with Crippen LogP contribution in [-0.4, -0.2) is 48.3 Å². The topological polar surface area (TPSA) is 35.5 Å². The quantitative estimate of drug-likeness (QED) is 0.611. The van der Waals surface area contributed by atoms with Crippen molar-refractivity contribution >= 4 is 0 Å². The Bertz CT molecular complexity index is 200. The molecule has 104 valence electrons. The average Bonchev–Trinajstić information content (AvgIpc) is 2.33. The van der Waals surface area contributed by atoms with E-state index in [1.54, 1.807) is 0 Å². The summed E-state index contributed by atoms with van der Waals surface area (Å²) in [4.78, 5) is 2.43. The van der Waals surface area contributed by atoms with Crippen molar-refractivity contribution in [1.82, 2.24) is 10.2 Å². The number of nitrogens with zero attached hydrogens (tertiary/aromatic N) is 1. The maximum Gasteiger partial charge on any atom is 0.0610 e. The molecule has 0 aliphatic heterocycles. The van der Waals surface area contributed by atoms with Crippen LogP contribution in [0.1, 0.15) is 53.4 Å². The van der Waals surface area contributed by atoms with Crippen molar-refractivity contribution in [2.24, 2.45) is 0 Å². The van der Waals surface area contributed by atoms with E-state index in [1.165, 1.54) is 12.8 Å². The van der Waals surface area contributed by atoms with E-state index >= 15 is 0 Å². The second kappa shape index (κ2) is 7.34. The van der Waals surface area contributed by atoms with Gasteiger partial charge in [0.15, 0.2) is 0 Å². The minimum Gasteiger partial charge on any atom is -0.394 e. The summed E-state index contributed by atoms with van der Waals surface area (Å²) in [5.41, 5.74) is 0.183. The number of rotatable bonds is 9. The number of aliphatic hydroxyl groups is 1. The Labute approximate surface area is 108 Å². The number of unbranched alkanes of at least 4 members (excludes halogenated alkanes) is 1. The maximum absolute atomic E-state index is 9.29. The first kappa shape index (κ1) is 16.9. The normalized spacial score (nSPS) is 16.2. The summed E-state index contributed by atoms with van der Waals surface area (Å²) in [6.45, 7) is 10.2. The van der Waals surface area contributed by atoms with Crippen molar-refractivity contribution in [2.45, 2.75) is 64.5 Å². The highest BCUT2D eigenvalue weighted by Crippen LogP contribution is 2.18. The second-order valence-electron chi connectivity index (χ2n) is 6.01. The number of hydrogen-bond donors (Lipinski definition) is 2. The third kappa shape index (κ3) is 5.84. The molecule has 0 saturated carbocycles. The van der Waals surface area contributed by atoms with Gasteiger partial charge in [-0.15, -0.1) is 0 Å². The van der Waals surface area contributed by atoms with Gasteiger partial charge in [0.2, 0.25) is 0 Å². The molecule has 17 heavy (non-hydrogen) atoms. The lowest BCUT2D eigenvalue weighted by Gasteiger charge is -2.35. The molecule has 1 unspecified atom stereocenters. The zero-order chi connectivity index (χ0) is 13.5. The van der Waals surface area contributed by atoms with Crippen LogP contribution in [0.3, 0.4) is 0 Å². The van der Waals surface area contributed by atoms with Crippen molar-refractivity contribution < 1.29 is 5.11 Å². The minimum absolute atomic E-state index is 0.112. The maximum atomic E-state index is 9.29. The van der Waals surface area contributed by atoms with Gasteiger partial charge in [0.05, 0.1) is 6.61 Å². The molecule has 0 spiro atoms. The first-order chi connectivity index (χ1) is 7.81. The molecular formula is C14H32N2O. The summed E-state index contributed by atoms with van der Waals surface area (Å²) in [7, 11) is 4.12. The van der Waals surface area contributed by atoms with E-state index in [4.69, 9.17) is 0 Å². The van der Waals surface area contributed by atoms with Gasteiger partial charge >= 0.3 is 0 Å². The highest BCUT2D eigenvalue weighted by Gasteiger charge is 2.22. The average molecular weight is 244 g/mol. The molecule has 0 heterocycles. The lowest BCUT2D eigenvalue weighted by molar-refractivity contribution is 0.140. The van der Waals surface area contributed by atoms with E-state index in [9.17, 15) is 5.11 Å². The summed E-state index contributed by atoms with van der Waals surface area (Å²) in [6, 6.07) is 0. The fourth-order valence-corrected chi connectivity index (χ4v) is 1.72. The lowest BCUT2D eigenvalue weighted by atomic mass is 9.95. The first-order valence-corrected chi connectivity index (χ1v) is 6.82. The van der Waals surface area contributed by atoms with Crippen molar-refractivity contribution in [1.29, 1.82) is 0 Å². The fraction of sp³-hybridized carbons (Fsp3) is 1.00. The van der Waals surface area contributed by atoms with Crippen LogP contribution in [-0.2, 0) is 0 Å². The number of nitrogens with one attached hydrogen (secondary N) is 1. The molecule has 0 aromatic carbocycles. The fourth-order valence-electron chi connectivity index (χ4n) is 1.72. The molecule has 0 aromatic rings. The number of hydrogen-bond acceptors (Lipinski definition) is 3. The van der Waals surface area contributed by atoms with Crippen LogP contribution in [0.25, 0.3) is 0 Å². The Balaban J connectivity index is 3.86. The second-order valence-corrected chi connectivity index (χ2v) is 6.01. The molecule has 0 amide bonds. The molecule has 0 fully saturated rings. The number of likely N-dealkylation sites (N-methyl/N-ethyl adjacent to an activating group) is 1. The summed E-state index contributed by atoms with van der Waals surface area (Å²) >= 11 is 0. The van der Waals surface area contributed by atoms with Gasteiger partial charge in [0.1, 0.15) is 0 Å². The van der Waals surface area contributed by atoms with Crippen molar-refractivity contribution in [3.63, 3.8) is 0 Å². The largest absolute Gasteiger partial charge is 0.394 e. The highest BCUT2D eigenvalue weighted by atomic mass is 16.3. The highest BCUT2D eigenvalue weighted by molar-refractivity contribution is 4.81. The van der Waals surface area contributed by atoms with Crippen LogP contribution in [0.2, 0.25) is 0 Å². The van der Waals surface area contributed by atoms with E-state index in [0.717, 1.165) is 19.4 Å². The minimum atomic E-state index is -0.112. The lowest BCUT2D eigenvalue weighted by Crippen LogP contribution is -2.44. The number of aliphatic hydroxyl groups excluding tert-OH is 1. The Morgan fingerprint density at radius 1 is 1.18 bits per heavy atom. The Kier molecular flexibility index (Phi) is 7.29. The van der Waals surface area contributed by atoms with Gasteiger partial charge in [-0.3, -0.25) is 0 Å². The Morgan fingerprint density at radius 2 is 1.76 bits per heavy atom. The van der Waals surface area contributed by atoms with E-state index in [2.05, 4.69) is 45.0 Å². The van der Waals surface area contributed by atoms with Gasteiger partial charge in [-0.05, 0) is 60.7 Å². The van der Waals surface area contributed by atoms with E-state index in [1.807, 2.05) is 7.05 Å². The van der Waals surface area contributed by atoms with Crippen LogP contribution >= 0.6 is 0 Å². The molecule has 0 aromatic heterocycles. The molecule has 0 aliphatic carbocycles. The van der Waals surface area contributed by atoms with E-state index < -0.39 is 0 Å². The third-order valence-corrected chi connectivity index (χ3v) is 4.32. The summed E-state index contributed by atoms with van der Waals surface area (Å²) in [6.07, 6.45) is 4.55. The van der Waals surface area contributed by atoms with Crippen LogP contribution < -0.4 is 5.32 Å². The Hall–Kier alpha value is -0.120. The van der Waals surface area contributed by atoms with E-state index in [-0.39, 0.29) is 12.1 Å². The van der Waals surface area contributed by atoms with Gasteiger partial charge in [0, 0.05) is 11.1 Å². The van der Waals surface area contributed by atoms with Crippen molar-refractivity contribution in [3.8, 4) is 0 Å². The standard InChI is InChI=1S/C14H32N2O/c1-7-13(2,3)16(6)11-9-8-10-14(4,12-17)15-5/h15,17H,7-12H2,1-6H3. The van der Waals surface area contributed by atoms with Gasteiger partial charge < -0.3 is 15.3 Å². The molecule has 1 atom stereocenters. The van der Waals surface area contributed by atoms with Gasteiger partial charge in [0.25, 0.3) is 0 Å². The molecule has 0 aliphatic rings. The van der Waals surface area contributed by atoms with Crippen LogP contribution in [0, 0.1) is 0 Å². The van der Waals surface area contributed by atoms with Crippen molar-refractivity contribution in [3.05, 3.63) is 0 Å². The molecular weight excluding hydrogens is 212 g/mol. The van der Waals surface area contributed by atoms with Gasteiger partial charge in [-0.1, -0.05) is 13.3 Å². The SMILES string of the molecule is CCC(C)(C)N(C)CCCCC(C)(CO)NC. The third-order valence-electron chi connectivity index (χ3n) is 4.32. The van der Waals surface area contributed by atoms with Crippen LogP contribution in [0.15, 0.2) is 0 Å². The summed E-state index contributed by atoms with van der Waals surface area (Å²) < 4.78 is 0. The summed E-state index contributed by atoms with van der Waals surface area (Å²) in [5, 5.41) is 12.5. The molecule has 0 bridgehead atoms. The van der Waals surface area contributed by atoms with E-state index in [0.29, 0.717) is 5.54 Å². The predicted molar refractivity (Wildman–Crippen MR) is 75.4 cm³/mol. The molecule has 3 heteroatoms. The zero-order valence-corrected chi connectivity index (χ0v) is 12.6. The van der Waals surface area contributed by atoms with Gasteiger partial charge in [-0.25, -0.2) is 0 Å². The zero-order valence-electron chi connectivity index (χ0n) is 12.6. The molecule has 0 saturated heterocycles. The monoisotopic (exact) mass is 244 g/mol. The molecule has 3 nitrogen and oxygen atoms in total. The molecule has 0 radical (unpaired) electrons. The van der Waals surface area contributed by atoms with Crippen LogP contribution in [0.4, 0.5) is 0 Å². The van der Waals surface area contributed by atoms with Gasteiger partial charge in [-0.2, -0.15) is 0 Å². The van der Waals surface area contributed by atoms with Crippen molar-refractivity contribution in [2.75, 3.05) is 27.2 Å². The molecule has 2 N–H and O–H groups in total. The predicted octanol–water partition coefficient (Wildman–Crippen LogP) is 2.25. The van der Waals surface area contributed by atoms with Crippen LogP contribution in [0.5, 0.6) is 0 Å². The first-order valence-electron chi connectivity index (χ1n) is 6.82. The Morgan fingerprint density at radius 3 is 2.18 bits per heavy atom.